The second-order valence-electron chi connectivity index (χ2n) is 4.98. The van der Waals surface area contributed by atoms with E-state index in [1.807, 2.05) is 21.7 Å². The maximum Gasteiger partial charge on any atom is 0.255 e. The SMILES string of the molecule is CCC[C@@]1(COC)CCCN1C(=O)c1ccsc1. The van der Waals surface area contributed by atoms with Gasteiger partial charge in [-0.05, 0) is 30.7 Å². The van der Waals surface area contributed by atoms with Crippen LogP contribution in [0.2, 0.25) is 0 Å². The average molecular weight is 267 g/mol. The number of nitrogens with zero attached hydrogens (tertiary/aromatic N) is 1. The predicted octanol–water partition coefficient (Wildman–Crippen LogP) is 3.17. The Morgan fingerprint density at radius 3 is 3.06 bits per heavy atom. The van der Waals surface area contributed by atoms with E-state index in [2.05, 4.69) is 6.92 Å². The van der Waals surface area contributed by atoms with Crippen molar-refractivity contribution in [2.24, 2.45) is 0 Å². The van der Waals surface area contributed by atoms with Gasteiger partial charge in [0.1, 0.15) is 0 Å². The Bertz CT molecular complexity index is 383. The molecule has 18 heavy (non-hydrogen) atoms. The molecule has 2 rings (SSSR count). The lowest BCUT2D eigenvalue weighted by atomic mass is 9.91. The van der Waals surface area contributed by atoms with Gasteiger partial charge in [-0.1, -0.05) is 13.3 Å². The number of hydrogen-bond donors (Lipinski definition) is 0. The van der Waals surface area contributed by atoms with Gasteiger partial charge in [-0.25, -0.2) is 0 Å². The van der Waals surface area contributed by atoms with Crippen molar-refractivity contribution >= 4 is 17.2 Å². The van der Waals surface area contributed by atoms with E-state index < -0.39 is 0 Å². The van der Waals surface area contributed by atoms with Crippen LogP contribution >= 0.6 is 11.3 Å². The zero-order valence-corrected chi connectivity index (χ0v) is 12.0. The van der Waals surface area contributed by atoms with E-state index in [0.29, 0.717) is 6.61 Å². The molecule has 1 fully saturated rings. The first kappa shape index (κ1) is 13.6. The van der Waals surface area contributed by atoms with Gasteiger partial charge in [-0.3, -0.25) is 4.79 Å². The van der Waals surface area contributed by atoms with Crippen LogP contribution in [0.5, 0.6) is 0 Å². The number of rotatable bonds is 5. The normalized spacial score (nSPS) is 23.6. The third-order valence-electron chi connectivity index (χ3n) is 3.74. The van der Waals surface area contributed by atoms with Crippen molar-refractivity contribution in [1.29, 1.82) is 0 Å². The van der Waals surface area contributed by atoms with Crippen LogP contribution in [-0.2, 0) is 4.74 Å². The molecule has 1 saturated heterocycles. The van der Waals surface area contributed by atoms with Crippen LogP contribution in [-0.4, -0.2) is 36.6 Å². The highest BCUT2D eigenvalue weighted by molar-refractivity contribution is 7.08. The van der Waals surface area contributed by atoms with Crippen LogP contribution in [0.1, 0.15) is 43.0 Å². The summed E-state index contributed by atoms with van der Waals surface area (Å²) in [5.41, 5.74) is 0.737. The Kier molecular flexibility index (Phi) is 4.40. The highest BCUT2D eigenvalue weighted by Gasteiger charge is 2.43. The van der Waals surface area contributed by atoms with Crippen molar-refractivity contribution in [3.05, 3.63) is 22.4 Å². The number of likely N-dealkylation sites (tertiary alicyclic amines) is 1. The topological polar surface area (TPSA) is 29.5 Å². The molecule has 2 heterocycles. The average Bonchev–Trinajstić information content (AvgIpc) is 2.98. The Morgan fingerprint density at radius 2 is 2.44 bits per heavy atom. The van der Waals surface area contributed by atoms with Crippen molar-refractivity contribution in [3.8, 4) is 0 Å². The number of thiophene rings is 1. The second-order valence-corrected chi connectivity index (χ2v) is 5.76. The van der Waals surface area contributed by atoms with Gasteiger partial charge < -0.3 is 9.64 Å². The minimum Gasteiger partial charge on any atom is -0.382 e. The first-order valence-electron chi connectivity index (χ1n) is 6.56. The van der Waals surface area contributed by atoms with Gasteiger partial charge in [0.2, 0.25) is 0 Å². The third kappa shape index (κ3) is 2.45. The van der Waals surface area contributed by atoms with E-state index in [0.717, 1.165) is 37.8 Å². The molecule has 1 amide bonds. The number of amides is 1. The van der Waals surface area contributed by atoms with Crippen molar-refractivity contribution in [2.45, 2.75) is 38.1 Å². The fourth-order valence-corrected chi connectivity index (χ4v) is 3.64. The molecule has 0 saturated carbocycles. The predicted molar refractivity (Wildman–Crippen MR) is 74.1 cm³/mol. The van der Waals surface area contributed by atoms with Gasteiger partial charge in [0.05, 0.1) is 17.7 Å². The quantitative estimate of drug-likeness (QED) is 0.820. The summed E-state index contributed by atoms with van der Waals surface area (Å²) in [4.78, 5) is 14.6. The van der Waals surface area contributed by atoms with Gasteiger partial charge >= 0.3 is 0 Å². The molecule has 0 bridgehead atoms. The third-order valence-corrected chi connectivity index (χ3v) is 4.42. The smallest absolute Gasteiger partial charge is 0.255 e. The van der Waals surface area contributed by atoms with Crippen molar-refractivity contribution in [3.63, 3.8) is 0 Å². The molecule has 100 valence electrons. The number of hydrogen-bond acceptors (Lipinski definition) is 3. The van der Waals surface area contributed by atoms with Crippen LogP contribution in [0.25, 0.3) is 0 Å². The number of methoxy groups -OCH3 is 1. The first-order valence-corrected chi connectivity index (χ1v) is 7.51. The molecule has 0 aliphatic carbocycles. The Balaban J connectivity index is 2.21. The maximum absolute atomic E-state index is 12.6. The largest absolute Gasteiger partial charge is 0.382 e. The summed E-state index contributed by atoms with van der Waals surface area (Å²) in [5, 5.41) is 3.89. The lowest BCUT2D eigenvalue weighted by Crippen LogP contribution is -2.50. The summed E-state index contributed by atoms with van der Waals surface area (Å²) >= 11 is 1.57. The van der Waals surface area contributed by atoms with Crippen LogP contribution in [0.4, 0.5) is 0 Å². The molecular formula is C14H21NO2S. The van der Waals surface area contributed by atoms with E-state index in [9.17, 15) is 4.79 Å². The van der Waals surface area contributed by atoms with Crippen LogP contribution in [0.3, 0.4) is 0 Å². The van der Waals surface area contributed by atoms with Crippen LogP contribution in [0, 0.1) is 0 Å². The van der Waals surface area contributed by atoms with E-state index in [4.69, 9.17) is 4.74 Å². The standard InChI is InChI=1S/C14H21NO2S/c1-3-6-14(11-17-2)7-4-8-15(14)13(16)12-5-9-18-10-12/h5,9-10H,3-4,6-8,11H2,1-2H3/t14-/m0/s1. The fourth-order valence-electron chi connectivity index (χ4n) is 3.01. The Morgan fingerprint density at radius 1 is 1.61 bits per heavy atom. The summed E-state index contributed by atoms with van der Waals surface area (Å²) in [7, 11) is 1.73. The lowest BCUT2D eigenvalue weighted by molar-refractivity contribution is 0.0255. The first-order chi connectivity index (χ1) is 8.73. The summed E-state index contributed by atoms with van der Waals surface area (Å²) in [6.07, 6.45) is 4.25. The van der Waals surface area contributed by atoms with Gasteiger partial charge in [0, 0.05) is 19.0 Å². The number of carbonyl (C=O) groups excluding carboxylic acids is 1. The maximum atomic E-state index is 12.6. The molecular weight excluding hydrogens is 246 g/mol. The zero-order valence-electron chi connectivity index (χ0n) is 11.1. The van der Waals surface area contributed by atoms with Crippen LogP contribution in [0.15, 0.2) is 16.8 Å². The summed E-state index contributed by atoms with van der Waals surface area (Å²) < 4.78 is 5.39. The lowest BCUT2D eigenvalue weighted by Gasteiger charge is -2.38. The van der Waals surface area contributed by atoms with E-state index in [1.165, 1.54) is 0 Å². The monoisotopic (exact) mass is 267 g/mol. The number of carbonyl (C=O) groups is 1. The molecule has 0 radical (unpaired) electrons. The fraction of sp³-hybridized carbons (Fsp3) is 0.643. The second kappa shape index (κ2) is 5.85. The molecule has 1 aromatic heterocycles. The van der Waals surface area contributed by atoms with Gasteiger partial charge in [0.25, 0.3) is 5.91 Å². The molecule has 4 heteroatoms. The molecule has 1 atom stereocenters. The van der Waals surface area contributed by atoms with E-state index in [1.54, 1.807) is 18.4 Å². The van der Waals surface area contributed by atoms with E-state index in [-0.39, 0.29) is 11.4 Å². The molecule has 0 aromatic carbocycles. The minimum atomic E-state index is -0.0808. The van der Waals surface area contributed by atoms with E-state index >= 15 is 0 Å². The van der Waals surface area contributed by atoms with Crippen molar-refractivity contribution in [2.75, 3.05) is 20.3 Å². The van der Waals surface area contributed by atoms with Crippen molar-refractivity contribution in [1.82, 2.24) is 4.90 Å². The molecule has 1 aliphatic rings. The molecule has 0 unspecified atom stereocenters. The minimum absolute atomic E-state index is 0.0808. The molecule has 1 aromatic rings. The highest BCUT2D eigenvalue weighted by atomic mass is 32.1. The summed E-state index contributed by atoms with van der Waals surface area (Å²) in [6.45, 7) is 3.68. The van der Waals surface area contributed by atoms with Crippen molar-refractivity contribution < 1.29 is 9.53 Å². The zero-order chi connectivity index (χ0) is 13.0. The van der Waals surface area contributed by atoms with Gasteiger partial charge in [-0.2, -0.15) is 11.3 Å². The molecule has 3 nitrogen and oxygen atoms in total. The molecule has 1 aliphatic heterocycles. The van der Waals surface area contributed by atoms with Crippen LogP contribution < -0.4 is 0 Å². The molecule has 0 N–H and O–H groups in total. The van der Waals surface area contributed by atoms with Gasteiger partial charge in [-0.15, -0.1) is 0 Å². The Labute approximate surface area is 113 Å². The summed E-state index contributed by atoms with van der Waals surface area (Å²) in [6, 6.07) is 1.91. The highest BCUT2D eigenvalue weighted by Crippen LogP contribution is 2.35. The number of ether oxygens (including phenoxy) is 1. The summed E-state index contributed by atoms with van der Waals surface area (Å²) in [5.74, 6) is 0.166. The van der Waals surface area contributed by atoms with Gasteiger partial charge in [0.15, 0.2) is 0 Å². The molecule has 0 spiro atoms. The Hall–Kier alpha value is -0.870.